The van der Waals surface area contributed by atoms with E-state index in [4.69, 9.17) is 5.11 Å². The number of esters is 1. The molecular weight excluding hydrogens is 250 g/mol. The van der Waals surface area contributed by atoms with E-state index in [-0.39, 0.29) is 0 Å². The molecule has 0 bridgehead atoms. The first-order valence-corrected chi connectivity index (χ1v) is 5.35. The number of carbonyl (C=O) groups is 3. The summed E-state index contributed by atoms with van der Waals surface area (Å²) in [5, 5.41) is 10.9. The summed E-state index contributed by atoms with van der Waals surface area (Å²) in [7, 11) is 1.26. The van der Waals surface area contributed by atoms with Crippen molar-refractivity contribution in [2.45, 2.75) is 6.92 Å². The highest BCUT2D eigenvalue weighted by Gasteiger charge is 2.09. The zero-order chi connectivity index (χ0) is 14.4. The molecule has 0 spiro atoms. The van der Waals surface area contributed by atoms with Gasteiger partial charge in [-0.2, -0.15) is 0 Å². The maximum absolute atomic E-state index is 11.4. The second kappa shape index (κ2) is 6.34. The third kappa shape index (κ3) is 4.27. The Morgan fingerprint density at radius 1 is 1.26 bits per heavy atom. The normalized spacial score (nSPS) is 10.2. The van der Waals surface area contributed by atoms with Gasteiger partial charge < -0.3 is 15.2 Å². The standard InChI is InChI=1S/C13H13NO5/c1-8-3-4-9(13(18)19-2)7-10(8)14-11(15)5-6-12(16)17/h3-7H,1-2H3,(H,14,15)(H,16,17)/b6-5+. The van der Waals surface area contributed by atoms with Gasteiger partial charge in [0.05, 0.1) is 12.7 Å². The van der Waals surface area contributed by atoms with Crippen molar-refractivity contribution in [3.63, 3.8) is 0 Å². The van der Waals surface area contributed by atoms with Crippen LogP contribution in [0.1, 0.15) is 15.9 Å². The summed E-state index contributed by atoms with van der Waals surface area (Å²) >= 11 is 0. The molecule has 0 aliphatic rings. The van der Waals surface area contributed by atoms with Crippen LogP contribution < -0.4 is 5.32 Å². The number of nitrogens with one attached hydrogen (secondary N) is 1. The van der Waals surface area contributed by atoms with E-state index in [0.29, 0.717) is 11.3 Å². The maximum Gasteiger partial charge on any atom is 0.337 e. The van der Waals surface area contributed by atoms with Crippen LogP contribution in [0, 0.1) is 6.92 Å². The zero-order valence-electron chi connectivity index (χ0n) is 10.5. The molecule has 6 heteroatoms. The number of hydrogen-bond donors (Lipinski definition) is 2. The summed E-state index contributed by atoms with van der Waals surface area (Å²) in [4.78, 5) is 33.1. The van der Waals surface area contributed by atoms with Crippen molar-refractivity contribution < 1.29 is 24.2 Å². The van der Waals surface area contributed by atoms with Gasteiger partial charge >= 0.3 is 11.9 Å². The molecule has 0 saturated carbocycles. The van der Waals surface area contributed by atoms with Crippen LogP contribution in [0.25, 0.3) is 0 Å². The molecule has 0 atom stereocenters. The molecule has 0 unspecified atom stereocenters. The summed E-state index contributed by atoms with van der Waals surface area (Å²) in [6.07, 6.45) is 1.63. The minimum Gasteiger partial charge on any atom is -0.478 e. The number of ether oxygens (including phenoxy) is 1. The number of aryl methyl sites for hydroxylation is 1. The SMILES string of the molecule is COC(=O)c1ccc(C)c(NC(=O)/C=C/C(=O)O)c1. The average Bonchev–Trinajstić information content (AvgIpc) is 2.38. The van der Waals surface area contributed by atoms with Crippen LogP contribution in [0.5, 0.6) is 0 Å². The van der Waals surface area contributed by atoms with E-state index in [1.165, 1.54) is 13.2 Å². The first kappa shape index (κ1) is 14.4. The van der Waals surface area contributed by atoms with E-state index in [9.17, 15) is 14.4 Å². The Hall–Kier alpha value is -2.63. The number of methoxy groups -OCH3 is 1. The predicted molar refractivity (Wildman–Crippen MR) is 67.9 cm³/mol. The van der Waals surface area contributed by atoms with E-state index in [0.717, 1.165) is 17.7 Å². The Bertz CT molecular complexity index is 548. The Kier molecular flexibility index (Phi) is 4.82. The van der Waals surface area contributed by atoms with Gasteiger partial charge in [-0.1, -0.05) is 6.07 Å². The van der Waals surface area contributed by atoms with Crippen LogP contribution >= 0.6 is 0 Å². The minimum absolute atomic E-state index is 0.297. The number of carbonyl (C=O) groups excluding carboxylic acids is 2. The lowest BCUT2D eigenvalue weighted by Gasteiger charge is -2.08. The Morgan fingerprint density at radius 2 is 1.95 bits per heavy atom. The number of amides is 1. The fraction of sp³-hybridized carbons (Fsp3) is 0.154. The van der Waals surface area contributed by atoms with Gasteiger partial charge in [-0.15, -0.1) is 0 Å². The largest absolute Gasteiger partial charge is 0.478 e. The van der Waals surface area contributed by atoms with Crippen LogP contribution in [-0.2, 0) is 14.3 Å². The number of aliphatic carboxylic acids is 1. The molecule has 100 valence electrons. The number of carboxylic acids is 1. The van der Waals surface area contributed by atoms with Crippen LogP contribution in [0.3, 0.4) is 0 Å². The molecule has 0 heterocycles. The van der Waals surface area contributed by atoms with Gasteiger partial charge in [-0.3, -0.25) is 4.79 Å². The third-order valence-electron chi connectivity index (χ3n) is 2.29. The third-order valence-corrected chi connectivity index (χ3v) is 2.29. The fourth-order valence-electron chi connectivity index (χ4n) is 1.32. The number of anilines is 1. The van der Waals surface area contributed by atoms with Crippen molar-refractivity contribution in [3.8, 4) is 0 Å². The highest BCUT2D eigenvalue weighted by Crippen LogP contribution is 2.17. The molecule has 1 aromatic carbocycles. The molecule has 0 aromatic heterocycles. The average molecular weight is 263 g/mol. The summed E-state index contributed by atoms with van der Waals surface area (Å²) in [5.41, 5.74) is 1.46. The summed E-state index contributed by atoms with van der Waals surface area (Å²) in [5.74, 6) is -2.32. The van der Waals surface area contributed by atoms with Gasteiger partial charge in [0.15, 0.2) is 0 Å². The zero-order valence-corrected chi connectivity index (χ0v) is 10.5. The van der Waals surface area contributed by atoms with Crippen molar-refractivity contribution in [2.24, 2.45) is 0 Å². The van der Waals surface area contributed by atoms with E-state index in [1.54, 1.807) is 19.1 Å². The first-order valence-electron chi connectivity index (χ1n) is 5.35. The first-order chi connectivity index (χ1) is 8.93. The van der Waals surface area contributed by atoms with Gasteiger partial charge in [-0.05, 0) is 24.6 Å². The van der Waals surface area contributed by atoms with Gasteiger partial charge in [0.25, 0.3) is 0 Å². The number of hydrogen-bond acceptors (Lipinski definition) is 4. The molecule has 0 aliphatic heterocycles. The van der Waals surface area contributed by atoms with E-state index >= 15 is 0 Å². The van der Waals surface area contributed by atoms with Crippen LogP contribution in [0.4, 0.5) is 5.69 Å². The molecule has 0 radical (unpaired) electrons. The van der Waals surface area contributed by atoms with Crippen molar-refractivity contribution in [2.75, 3.05) is 12.4 Å². The Balaban J connectivity index is 2.91. The molecule has 1 aromatic rings. The number of benzene rings is 1. The van der Waals surface area contributed by atoms with Gasteiger partial charge in [-0.25, -0.2) is 9.59 Å². The lowest BCUT2D eigenvalue weighted by molar-refractivity contribution is -0.131. The van der Waals surface area contributed by atoms with Crippen molar-refractivity contribution in [1.82, 2.24) is 0 Å². The maximum atomic E-state index is 11.4. The Morgan fingerprint density at radius 3 is 2.53 bits per heavy atom. The molecule has 19 heavy (non-hydrogen) atoms. The second-order valence-corrected chi connectivity index (χ2v) is 3.68. The van der Waals surface area contributed by atoms with Crippen molar-refractivity contribution in [1.29, 1.82) is 0 Å². The molecular formula is C13H13NO5. The molecule has 1 amide bonds. The number of rotatable bonds is 4. The van der Waals surface area contributed by atoms with Crippen molar-refractivity contribution >= 4 is 23.5 Å². The Labute approximate surface area is 109 Å². The van der Waals surface area contributed by atoms with Gasteiger partial charge in [0, 0.05) is 17.8 Å². The van der Waals surface area contributed by atoms with Crippen LogP contribution in [-0.4, -0.2) is 30.1 Å². The highest BCUT2D eigenvalue weighted by atomic mass is 16.5. The number of carboxylic acid groups (broad SMARTS) is 1. The summed E-state index contributed by atoms with van der Waals surface area (Å²) in [6.45, 7) is 1.75. The second-order valence-electron chi connectivity index (χ2n) is 3.68. The topological polar surface area (TPSA) is 92.7 Å². The van der Waals surface area contributed by atoms with Crippen molar-refractivity contribution in [3.05, 3.63) is 41.5 Å². The molecule has 0 aliphatic carbocycles. The van der Waals surface area contributed by atoms with E-state index in [1.807, 2.05) is 0 Å². The molecule has 0 saturated heterocycles. The van der Waals surface area contributed by atoms with Gasteiger partial charge in [0.1, 0.15) is 0 Å². The van der Waals surface area contributed by atoms with E-state index < -0.39 is 17.8 Å². The van der Waals surface area contributed by atoms with E-state index in [2.05, 4.69) is 10.1 Å². The summed E-state index contributed by atoms with van der Waals surface area (Å²) < 4.78 is 4.57. The lowest BCUT2D eigenvalue weighted by Crippen LogP contribution is -2.11. The van der Waals surface area contributed by atoms with Crippen LogP contribution in [0.15, 0.2) is 30.4 Å². The fourth-order valence-corrected chi connectivity index (χ4v) is 1.32. The highest BCUT2D eigenvalue weighted by molar-refractivity contribution is 6.03. The molecule has 6 nitrogen and oxygen atoms in total. The minimum atomic E-state index is -1.21. The molecule has 0 fully saturated rings. The summed E-state index contributed by atoms with van der Waals surface area (Å²) in [6, 6.07) is 4.69. The smallest absolute Gasteiger partial charge is 0.337 e. The predicted octanol–water partition coefficient (Wildman–Crippen LogP) is 1.36. The van der Waals surface area contributed by atoms with Crippen LogP contribution in [0.2, 0.25) is 0 Å². The van der Waals surface area contributed by atoms with Gasteiger partial charge in [0.2, 0.25) is 5.91 Å². The quantitative estimate of drug-likeness (QED) is 0.632. The molecule has 2 N–H and O–H groups in total. The molecule has 1 rings (SSSR count). The monoisotopic (exact) mass is 263 g/mol. The lowest BCUT2D eigenvalue weighted by atomic mass is 10.1.